The van der Waals surface area contributed by atoms with E-state index in [2.05, 4.69) is 15.5 Å². The maximum Gasteiger partial charge on any atom is 0.303 e. The topological polar surface area (TPSA) is 94.0 Å². The Bertz CT molecular complexity index is 777. The van der Waals surface area contributed by atoms with Gasteiger partial charge >= 0.3 is 5.97 Å². The number of para-hydroxylation sites is 1. The van der Waals surface area contributed by atoms with Gasteiger partial charge in [0.1, 0.15) is 11.8 Å². The van der Waals surface area contributed by atoms with Gasteiger partial charge in [-0.3, -0.25) is 4.79 Å². The predicted molar refractivity (Wildman–Crippen MR) is 74.4 cm³/mol. The van der Waals surface area contributed by atoms with Crippen LogP contribution in [0.5, 0.6) is 0 Å². The second kappa shape index (κ2) is 5.35. The van der Waals surface area contributed by atoms with Gasteiger partial charge in [0.15, 0.2) is 5.82 Å². The Kier molecular flexibility index (Phi) is 3.39. The highest BCUT2D eigenvalue weighted by Gasteiger charge is 2.17. The molecule has 1 aromatic carbocycles. The van der Waals surface area contributed by atoms with Gasteiger partial charge in [0, 0.05) is 18.4 Å². The van der Waals surface area contributed by atoms with Crippen molar-refractivity contribution in [2.45, 2.75) is 19.9 Å². The lowest BCUT2D eigenvalue weighted by atomic mass is 10.1. The number of furan rings is 1. The van der Waals surface area contributed by atoms with E-state index in [0.29, 0.717) is 12.4 Å². The van der Waals surface area contributed by atoms with Crippen LogP contribution in [0.25, 0.3) is 22.4 Å². The Morgan fingerprint density at radius 2 is 2.24 bits per heavy atom. The minimum absolute atomic E-state index is 0.0667. The van der Waals surface area contributed by atoms with E-state index in [-0.39, 0.29) is 12.3 Å². The van der Waals surface area contributed by atoms with Crippen molar-refractivity contribution in [2.75, 3.05) is 0 Å². The number of carboxylic acids is 1. The summed E-state index contributed by atoms with van der Waals surface area (Å²) in [7, 11) is 0. The molecule has 1 unspecified atom stereocenters. The van der Waals surface area contributed by atoms with Crippen molar-refractivity contribution >= 4 is 16.9 Å². The van der Waals surface area contributed by atoms with E-state index in [9.17, 15) is 4.79 Å². The Morgan fingerprint density at radius 3 is 3.05 bits per heavy atom. The van der Waals surface area contributed by atoms with Crippen molar-refractivity contribution in [1.82, 2.24) is 20.2 Å². The molecule has 0 saturated carbocycles. The largest absolute Gasteiger partial charge is 0.481 e. The first-order valence-electron chi connectivity index (χ1n) is 6.59. The molecule has 0 saturated heterocycles. The van der Waals surface area contributed by atoms with E-state index in [4.69, 9.17) is 9.52 Å². The third kappa shape index (κ3) is 2.62. The summed E-state index contributed by atoms with van der Waals surface area (Å²) in [6.45, 7) is 2.29. The number of aromatic nitrogens is 4. The quantitative estimate of drug-likeness (QED) is 0.772. The van der Waals surface area contributed by atoms with E-state index in [1.165, 1.54) is 0 Å². The maximum atomic E-state index is 10.8. The molecule has 1 atom stereocenters. The standard InChI is InChI=1S/C14H14N4O3/c1-9(6-13(19)20)7-18-14(15-16-17-18)11-8-21-12-5-3-2-4-10(11)12/h2-5,8-9H,6-7H2,1H3,(H,19,20). The van der Waals surface area contributed by atoms with Crippen LogP contribution >= 0.6 is 0 Å². The van der Waals surface area contributed by atoms with Crippen LogP contribution in [0.15, 0.2) is 34.9 Å². The van der Waals surface area contributed by atoms with Crippen LogP contribution in [-0.2, 0) is 11.3 Å². The van der Waals surface area contributed by atoms with Crippen LogP contribution in [0.3, 0.4) is 0 Å². The Hall–Kier alpha value is -2.70. The average molecular weight is 286 g/mol. The SMILES string of the molecule is CC(CC(=O)O)Cn1nnnc1-c1coc2ccccc12. The zero-order valence-corrected chi connectivity index (χ0v) is 11.4. The van der Waals surface area contributed by atoms with Gasteiger partial charge in [0.05, 0.1) is 5.56 Å². The fourth-order valence-electron chi connectivity index (χ4n) is 2.33. The minimum atomic E-state index is -0.828. The van der Waals surface area contributed by atoms with Gasteiger partial charge in [-0.1, -0.05) is 25.1 Å². The number of aliphatic carboxylic acids is 1. The highest BCUT2D eigenvalue weighted by molar-refractivity contribution is 5.91. The number of fused-ring (bicyclic) bond motifs is 1. The Morgan fingerprint density at radius 1 is 1.43 bits per heavy atom. The molecule has 1 N–H and O–H groups in total. The van der Waals surface area contributed by atoms with E-state index < -0.39 is 5.97 Å². The van der Waals surface area contributed by atoms with E-state index in [1.807, 2.05) is 31.2 Å². The van der Waals surface area contributed by atoms with E-state index in [0.717, 1.165) is 16.5 Å². The monoisotopic (exact) mass is 286 g/mol. The fourth-order valence-corrected chi connectivity index (χ4v) is 2.33. The predicted octanol–water partition coefficient (Wildman–Crippen LogP) is 2.20. The summed E-state index contributed by atoms with van der Waals surface area (Å²) in [5.74, 6) is -0.314. The Balaban J connectivity index is 1.93. The molecule has 0 aliphatic heterocycles. The molecule has 0 spiro atoms. The van der Waals surface area contributed by atoms with Crippen LogP contribution in [0.2, 0.25) is 0 Å². The smallest absolute Gasteiger partial charge is 0.303 e. The first kappa shape index (κ1) is 13.3. The second-order valence-corrected chi connectivity index (χ2v) is 5.03. The minimum Gasteiger partial charge on any atom is -0.481 e. The van der Waals surface area contributed by atoms with Gasteiger partial charge < -0.3 is 9.52 Å². The second-order valence-electron chi connectivity index (χ2n) is 5.03. The molecular formula is C14H14N4O3. The highest BCUT2D eigenvalue weighted by Crippen LogP contribution is 2.28. The van der Waals surface area contributed by atoms with Crippen LogP contribution in [0.1, 0.15) is 13.3 Å². The molecule has 7 heteroatoms. The van der Waals surface area contributed by atoms with Crippen LogP contribution in [0.4, 0.5) is 0 Å². The van der Waals surface area contributed by atoms with Crippen molar-refractivity contribution in [2.24, 2.45) is 5.92 Å². The van der Waals surface area contributed by atoms with E-state index >= 15 is 0 Å². The lowest BCUT2D eigenvalue weighted by molar-refractivity contribution is -0.138. The molecular weight excluding hydrogens is 272 g/mol. The van der Waals surface area contributed by atoms with Gasteiger partial charge in [0.25, 0.3) is 0 Å². The zero-order valence-electron chi connectivity index (χ0n) is 11.4. The third-order valence-corrected chi connectivity index (χ3v) is 3.26. The van der Waals surface area contributed by atoms with Gasteiger partial charge in [-0.15, -0.1) is 5.10 Å². The number of hydrogen-bond acceptors (Lipinski definition) is 5. The molecule has 0 aliphatic carbocycles. The zero-order chi connectivity index (χ0) is 14.8. The van der Waals surface area contributed by atoms with Crippen molar-refractivity contribution < 1.29 is 14.3 Å². The molecule has 3 aromatic rings. The number of rotatable bonds is 5. The van der Waals surface area contributed by atoms with Gasteiger partial charge in [-0.2, -0.15) is 0 Å². The molecule has 2 heterocycles. The normalized spacial score (nSPS) is 12.6. The summed E-state index contributed by atoms with van der Waals surface area (Å²) >= 11 is 0. The molecule has 21 heavy (non-hydrogen) atoms. The van der Waals surface area contributed by atoms with Crippen LogP contribution in [-0.4, -0.2) is 31.3 Å². The molecule has 0 amide bonds. The molecule has 0 fully saturated rings. The number of benzene rings is 1. The number of tetrazole rings is 1. The van der Waals surface area contributed by atoms with Gasteiger partial charge in [0.2, 0.25) is 0 Å². The summed E-state index contributed by atoms with van der Waals surface area (Å²) in [5, 5.41) is 21.4. The van der Waals surface area contributed by atoms with Gasteiger partial charge in [-0.05, 0) is 22.4 Å². The van der Waals surface area contributed by atoms with Crippen molar-refractivity contribution in [3.05, 3.63) is 30.5 Å². The van der Waals surface area contributed by atoms with Crippen molar-refractivity contribution in [3.8, 4) is 11.4 Å². The molecule has 0 radical (unpaired) electrons. The summed E-state index contributed by atoms with van der Waals surface area (Å²) < 4.78 is 7.11. The summed E-state index contributed by atoms with van der Waals surface area (Å²) in [5.41, 5.74) is 1.57. The number of carboxylic acid groups (broad SMARTS) is 1. The lowest BCUT2D eigenvalue weighted by Gasteiger charge is -2.09. The maximum absolute atomic E-state index is 10.8. The lowest BCUT2D eigenvalue weighted by Crippen LogP contribution is -2.14. The average Bonchev–Trinajstić information content (AvgIpc) is 3.03. The molecule has 0 aliphatic rings. The number of carbonyl (C=O) groups is 1. The van der Waals surface area contributed by atoms with Crippen molar-refractivity contribution in [1.29, 1.82) is 0 Å². The van der Waals surface area contributed by atoms with Crippen molar-refractivity contribution in [3.63, 3.8) is 0 Å². The molecule has 7 nitrogen and oxygen atoms in total. The first-order chi connectivity index (χ1) is 10.1. The Labute approximate surface area is 120 Å². The summed E-state index contributed by atoms with van der Waals surface area (Å²) in [6.07, 6.45) is 1.69. The number of hydrogen-bond donors (Lipinski definition) is 1. The molecule has 108 valence electrons. The number of nitrogens with zero attached hydrogens (tertiary/aromatic N) is 4. The summed E-state index contributed by atoms with van der Waals surface area (Å²) in [4.78, 5) is 10.8. The molecule has 0 bridgehead atoms. The van der Waals surface area contributed by atoms with Crippen LogP contribution < -0.4 is 0 Å². The fraction of sp³-hybridized carbons (Fsp3) is 0.286. The van der Waals surface area contributed by atoms with Crippen LogP contribution in [0, 0.1) is 5.92 Å². The van der Waals surface area contributed by atoms with E-state index in [1.54, 1.807) is 10.9 Å². The third-order valence-electron chi connectivity index (χ3n) is 3.26. The van der Waals surface area contributed by atoms with Gasteiger partial charge in [-0.25, -0.2) is 4.68 Å². The molecule has 2 aromatic heterocycles. The highest BCUT2D eigenvalue weighted by atomic mass is 16.4. The summed E-state index contributed by atoms with van der Waals surface area (Å²) in [6, 6.07) is 7.63. The first-order valence-corrected chi connectivity index (χ1v) is 6.59. The molecule has 3 rings (SSSR count).